The third-order valence-corrected chi connectivity index (χ3v) is 6.11. The molecule has 5 atom stereocenters. The Hall–Kier alpha value is 0. The van der Waals surface area contributed by atoms with Crippen LogP contribution in [-0.4, -0.2) is 0 Å². The Morgan fingerprint density at radius 1 is 1.13 bits per heavy atom. The van der Waals surface area contributed by atoms with Crippen LogP contribution in [0.15, 0.2) is 0 Å². The quantitative estimate of drug-likeness (QED) is 0.620. The smallest absolute Gasteiger partial charge is 0.0264 e. The molecule has 0 heteroatoms. The molecule has 5 unspecified atom stereocenters. The van der Waals surface area contributed by atoms with Gasteiger partial charge in [-0.05, 0) is 47.8 Å². The van der Waals surface area contributed by atoms with E-state index in [1.54, 1.807) is 0 Å². The zero-order valence-corrected chi connectivity index (χ0v) is 11.3. The zero-order chi connectivity index (χ0) is 11.3. The number of unbranched alkanes of at least 4 members (excludes halogenated alkanes) is 1. The Kier molecular flexibility index (Phi) is 2.68. The lowest BCUT2D eigenvalue weighted by Gasteiger charge is -2.46. The van der Waals surface area contributed by atoms with E-state index in [4.69, 9.17) is 0 Å². The molecule has 0 aliphatic heterocycles. The normalized spacial score (nSPS) is 53.8. The van der Waals surface area contributed by atoms with Crippen molar-refractivity contribution in [2.24, 2.45) is 28.6 Å². The average Bonchev–Trinajstić information content (AvgIpc) is 2.58. The third-order valence-electron chi connectivity index (χ3n) is 6.11. The van der Waals surface area contributed by atoms with Crippen LogP contribution >= 0.6 is 0 Å². The highest BCUT2D eigenvalue weighted by atomic mass is 14.7. The van der Waals surface area contributed by atoms with Gasteiger partial charge in [0.15, 0.2) is 0 Å². The van der Waals surface area contributed by atoms with Crippen molar-refractivity contribution in [2.75, 3.05) is 0 Å². The first kappa shape index (κ1) is 11.5. The van der Waals surface area contributed by atoms with Crippen molar-refractivity contribution in [2.45, 2.75) is 66.7 Å². The topological polar surface area (TPSA) is 0 Å². The van der Waals surface area contributed by atoms with Crippen LogP contribution in [0.4, 0.5) is 0 Å². The van der Waals surface area contributed by atoms with Crippen molar-refractivity contribution in [3.63, 3.8) is 0 Å². The molecule has 0 aromatic carbocycles. The molecular formula is C15H28. The minimum absolute atomic E-state index is 0.655. The van der Waals surface area contributed by atoms with Crippen LogP contribution < -0.4 is 0 Å². The fraction of sp³-hybridized carbons (Fsp3) is 1.00. The minimum atomic E-state index is 0.655. The number of rotatable bonds is 3. The Morgan fingerprint density at radius 3 is 2.33 bits per heavy atom. The molecule has 0 aromatic rings. The summed E-state index contributed by atoms with van der Waals surface area (Å²) < 4.78 is 0. The summed E-state index contributed by atoms with van der Waals surface area (Å²) in [6.45, 7) is 12.5. The van der Waals surface area contributed by atoms with Crippen molar-refractivity contribution in [3.05, 3.63) is 0 Å². The fourth-order valence-electron chi connectivity index (χ4n) is 4.98. The highest BCUT2D eigenvalue weighted by Gasteiger charge is 2.61. The highest BCUT2D eigenvalue weighted by Crippen LogP contribution is 2.69. The lowest BCUT2D eigenvalue weighted by atomic mass is 9.59. The maximum atomic E-state index is 2.58. The molecule has 0 radical (unpaired) electrons. The maximum Gasteiger partial charge on any atom is -0.0264 e. The molecule has 0 nitrogen and oxygen atoms in total. The van der Waals surface area contributed by atoms with Gasteiger partial charge in [0.25, 0.3) is 0 Å². The Balaban J connectivity index is 2.19. The lowest BCUT2D eigenvalue weighted by molar-refractivity contribution is 0.0301. The maximum absolute atomic E-state index is 2.58. The van der Waals surface area contributed by atoms with Gasteiger partial charge in [0.05, 0.1) is 0 Å². The fourth-order valence-corrected chi connectivity index (χ4v) is 4.98. The van der Waals surface area contributed by atoms with Gasteiger partial charge in [-0.25, -0.2) is 0 Å². The van der Waals surface area contributed by atoms with E-state index in [1.807, 2.05) is 0 Å². The van der Waals surface area contributed by atoms with Gasteiger partial charge in [0.1, 0.15) is 0 Å². The average molecular weight is 208 g/mol. The largest absolute Gasteiger partial charge is 0.0654 e. The summed E-state index contributed by atoms with van der Waals surface area (Å²) in [6, 6.07) is 0. The molecule has 2 saturated carbocycles. The predicted octanol–water partition coefficient (Wildman–Crippen LogP) is 4.89. The summed E-state index contributed by atoms with van der Waals surface area (Å²) in [7, 11) is 0. The van der Waals surface area contributed by atoms with Gasteiger partial charge in [-0.2, -0.15) is 0 Å². The lowest BCUT2D eigenvalue weighted by Crippen LogP contribution is -2.38. The summed E-state index contributed by atoms with van der Waals surface area (Å²) in [5, 5.41) is 0. The molecule has 2 fully saturated rings. The van der Waals surface area contributed by atoms with Crippen LogP contribution in [-0.2, 0) is 0 Å². The molecule has 0 aromatic heterocycles. The van der Waals surface area contributed by atoms with Gasteiger partial charge in [-0.3, -0.25) is 0 Å². The van der Waals surface area contributed by atoms with E-state index in [-0.39, 0.29) is 0 Å². The first-order valence-corrected chi connectivity index (χ1v) is 6.94. The molecule has 2 rings (SSSR count). The van der Waals surface area contributed by atoms with Crippen LogP contribution in [0.1, 0.15) is 66.7 Å². The van der Waals surface area contributed by atoms with E-state index < -0.39 is 0 Å². The molecular weight excluding hydrogens is 180 g/mol. The first-order valence-electron chi connectivity index (χ1n) is 6.94. The molecule has 15 heavy (non-hydrogen) atoms. The SMILES string of the molecule is CCCCC1(C)C2CC(C)(CC2C)C1C. The van der Waals surface area contributed by atoms with Crippen LogP contribution in [0.3, 0.4) is 0 Å². The third kappa shape index (κ3) is 1.47. The van der Waals surface area contributed by atoms with E-state index in [0.29, 0.717) is 10.8 Å². The molecule has 0 spiro atoms. The van der Waals surface area contributed by atoms with Crippen molar-refractivity contribution >= 4 is 0 Å². The molecule has 0 N–H and O–H groups in total. The van der Waals surface area contributed by atoms with Crippen molar-refractivity contribution in [3.8, 4) is 0 Å². The van der Waals surface area contributed by atoms with Crippen LogP contribution in [0.25, 0.3) is 0 Å². The summed E-state index contributed by atoms with van der Waals surface area (Å²) in [6.07, 6.45) is 7.26. The Bertz CT molecular complexity index is 244. The molecule has 88 valence electrons. The molecule has 0 saturated heterocycles. The second-order valence-electron chi connectivity index (χ2n) is 6.98. The van der Waals surface area contributed by atoms with Gasteiger partial charge in [-0.1, -0.05) is 47.5 Å². The molecule has 2 bridgehead atoms. The summed E-state index contributed by atoms with van der Waals surface area (Å²) in [5.74, 6) is 2.94. The molecule has 0 amide bonds. The van der Waals surface area contributed by atoms with Crippen molar-refractivity contribution in [1.82, 2.24) is 0 Å². The molecule has 0 heterocycles. The summed E-state index contributed by atoms with van der Waals surface area (Å²) >= 11 is 0. The monoisotopic (exact) mass is 208 g/mol. The number of hydrogen-bond acceptors (Lipinski definition) is 0. The Morgan fingerprint density at radius 2 is 1.80 bits per heavy atom. The van der Waals surface area contributed by atoms with E-state index in [1.165, 1.54) is 32.1 Å². The van der Waals surface area contributed by atoms with E-state index in [2.05, 4.69) is 34.6 Å². The van der Waals surface area contributed by atoms with Crippen molar-refractivity contribution in [1.29, 1.82) is 0 Å². The summed E-state index contributed by atoms with van der Waals surface area (Å²) in [5.41, 5.74) is 1.33. The minimum Gasteiger partial charge on any atom is -0.0654 e. The second kappa shape index (κ2) is 3.50. The molecule has 2 aliphatic carbocycles. The Labute approximate surface area is 95.8 Å². The van der Waals surface area contributed by atoms with Gasteiger partial charge in [0, 0.05) is 0 Å². The summed E-state index contributed by atoms with van der Waals surface area (Å²) in [4.78, 5) is 0. The van der Waals surface area contributed by atoms with E-state index >= 15 is 0 Å². The van der Waals surface area contributed by atoms with Crippen LogP contribution in [0.5, 0.6) is 0 Å². The van der Waals surface area contributed by atoms with Crippen molar-refractivity contribution < 1.29 is 0 Å². The standard InChI is InChI=1S/C15H28/c1-6-7-8-15(5)12(3)14(4)9-11(2)13(15)10-14/h11-13H,6-10H2,1-5H3. The number of fused-ring (bicyclic) bond motifs is 2. The van der Waals surface area contributed by atoms with E-state index in [9.17, 15) is 0 Å². The predicted molar refractivity (Wildman–Crippen MR) is 66.8 cm³/mol. The van der Waals surface area contributed by atoms with Gasteiger partial charge in [0.2, 0.25) is 0 Å². The zero-order valence-electron chi connectivity index (χ0n) is 11.3. The van der Waals surface area contributed by atoms with Gasteiger partial charge >= 0.3 is 0 Å². The van der Waals surface area contributed by atoms with Gasteiger partial charge in [-0.15, -0.1) is 0 Å². The first-order chi connectivity index (χ1) is 6.94. The van der Waals surface area contributed by atoms with Gasteiger partial charge < -0.3 is 0 Å². The van der Waals surface area contributed by atoms with Crippen LogP contribution in [0, 0.1) is 28.6 Å². The highest BCUT2D eigenvalue weighted by molar-refractivity contribution is 5.10. The van der Waals surface area contributed by atoms with E-state index in [0.717, 1.165) is 17.8 Å². The molecule has 2 aliphatic rings. The number of hydrogen-bond donors (Lipinski definition) is 0. The van der Waals surface area contributed by atoms with Crippen LogP contribution in [0.2, 0.25) is 0 Å². The second-order valence-corrected chi connectivity index (χ2v) is 6.98.